The van der Waals surface area contributed by atoms with Crippen molar-refractivity contribution in [3.63, 3.8) is 0 Å². The van der Waals surface area contributed by atoms with Crippen LogP contribution in [0.25, 0.3) is 0 Å². The molecule has 0 aromatic heterocycles. The van der Waals surface area contributed by atoms with Gasteiger partial charge in [0.2, 0.25) is 0 Å². The standard InChI is InChI=1S/C10H18O/c1-2-3-6-9-7-4-5-8-10(9)11/h6,10-11H,2-5,7-8H2,1H3/b9-6-. The van der Waals surface area contributed by atoms with Crippen molar-refractivity contribution in [3.05, 3.63) is 11.6 Å². The highest BCUT2D eigenvalue weighted by atomic mass is 16.3. The van der Waals surface area contributed by atoms with E-state index in [-0.39, 0.29) is 6.10 Å². The molecule has 0 aromatic carbocycles. The fourth-order valence-corrected chi connectivity index (χ4v) is 1.59. The smallest absolute Gasteiger partial charge is 0.0750 e. The molecule has 11 heavy (non-hydrogen) atoms. The molecule has 1 atom stereocenters. The van der Waals surface area contributed by atoms with E-state index in [2.05, 4.69) is 13.0 Å². The SMILES string of the molecule is CCC/C=C1/CCCCC1O. The minimum atomic E-state index is -0.115. The van der Waals surface area contributed by atoms with Crippen LogP contribution in [0.1, 0.15) is 45.4 Å². The second kappa shape index (κ2) is 4.55. The Morgan fingerprint density at radius 3 is 3.00 bits per heavy atom. The number of allylic oxidation sites excluding steroid dienone is 1. The highest BCUT2D eigenvalue weighted by Crippen LogP contribution is 2.23. The maximum absolute atomic E-state index is 9.53. The highest BCUT2D eigenvalue weighted by molar-refractivity contribution is 5.09. The lowest BCUT2D eigenvalue weighted by Gasteiger charge is -2.20. The van der Waals surface area contributed by atoms with Gasteiger partial charge in [0.05, 0.1) is 6.10 Å². The monoisotopic (exact) mass is 154 g/mol. The molecule has 1 aliphatic rings. The summed E-state index contributed by atoms with van der Waals surface area (Å²) in [6.45, 7) is 2.17. The first-order chi connectivity index (χ1) is 5.34. The first-order valence-corrected chi connectivity index (χ1v) is 4.71. The number of aliphatic hydroxyl groups excluding tert-OH is 1. The molecular formula is C10H18O. The molecule has 0 saturated heterocycles. The summed E-state index contributed by atoms with van der Waals surface area (Å²) >= 11 is 0. The van der Waals surface area contributed by atoms with E-state index in [1.54, 1.807) is 0 Å². The van der Waals surface area contributed by atoms with Crippen molar-refractivity contribution in [2.75, 3.05) is 0 Å². The number of hydrogen-bond acceptors (Lipinski definition) is 1. The van der Waals surface area contributed by atoms with E-state index in [0.717, 1.165) is 19.3 Å². The van der Waals surface area contributed by atoms with Gasteiger partial charge < -0.3 is 5.11 Å². The molecule has 64 valence electrons. The normalized spacial score (nSPS) is 29.3. The molecular weight excluding hydrogens is 136 g/mol. The van der Waals surface area contributed by atoms with Crippen LogP contribution in [0.15, 0.2) is 11.6 Å². The quantitative estimate of drug-likeness (QED) is 0.606. The third-order valence-corrected chi connectivity index (χ3v) is 2.32. The van der Waals surface area contributed by atoms with Crippen molar-refractivity contribution in [3.8, 4) is 0 Å². The Morgan fingerprint density at radius 1 is 1.55 bits per heavy atom. The third kappa shape index (κ3) is 2.66. The van der Waals surface area contributed by atoms with Crippen molar-refractivity contribution in [1.82, 2.24) is 0 Å². The van der Waals surface area contributed by atoms with Gasteiger partial charge in [-0.15, -0.1) is 0 Å². The summed E-state index contributed by atoms with van der Waals surface area (Å²) in [7, 11) is 0. The topological polar surface area (TPSA) is 20.2 Å². The van der Waals surface area contributed by atoms with Crippen molar-refractivity contribution >= 4 is 0 Å². The molecule has 0 bridgehead atoms. The molecule has 0 radical (unpaired) electrons. The number of rotatable bonds is 2. The minimum absolute atomic E-state index is 0.115. The zero-order chi connectivity index (χ0) is 8.10. The van der Waals surface area contributed by atoms with Crippen molar-refractivity contribution in [2.45, 2.75) is 51.6 Å². The third-order valence-electron chi connectivity index (χ3n) is 2.32. The predicted molar refractivity (Wildman–Crippen MR) is 47.5 cm³/mol. The second-order valence-corrected chi connectivity index (χ2v) is 3.33. The molecule has 1 nitrogen and oxygen atoms in total. The summed E-state index contributed by atoms with van der Waals surface area (Å²) < 4.78 is 0. The van der Waals surface area contributed by atoms with Crippen LogP contribution in [0.2, 0.25) is 0 Å². The first-order valence-electron chi connectivity index (χ1n) is 4.71. The van der Waals surface area contributed by atoms with Gasteiger partial charge in [0.25, 0.3) is 0 Å². The molecule has 1 unspecified atom stereocenters. The van der Waals surface area contributed by atoms with Gasteiger partial charge >= 0.3 is 0 Å². The Labute approximate surface area is 69.1 Å². The maximum atomic E-state index is 9.53. The Hall–Kier alpha value is -0.300. The molecule has 0 aliphatic heterocycles. The van der Waals surface area contributed by atoms with Gasteiger partial charge in [-0.05, 0) is 31.3 Å². The van der Waals surface area contributed by atoms with Crippen LogP contribution < -0.4 is 0 Å². The summed E-state index contributed by atoms with van der Waals surface area (Å²) in [6.07, 6.45) is 9.01. The Bertz CT molecular complexity index is 138. The maximum Gasteiger partial charge on any atom is 0.0750 e. The van der Waals surface area contributed by atoms with Crippen LogP contribution in [0.4, 0.5) is 0 Å². The fraction of sp³-hybridized carbons (Fsp3) is 0.800. The molecule has 0 amide bonds. The van der Waals surface area contributed by atoms with Gasteiger partial charge in [0.1, 0.15) is 0 Å². The highest BCUT2D eigenvalue weighted by Gasteiger charge is 2.14. The minimum Gasteiger partial charge on any atom is -0.389 e. The molecule has 0 spiro atoms. The lowest BCUT2D eigenvalue weighted by Crippen LogP contribution is -2.14. The van der Waals surface area contributed by atoms with Gasteiger partial charge in [-0.25, -0.2) is 0 Å². The largest absolute Gasteiger partial charge is 0.389 e. The van der Waals surface area contributed by atoms with E-state index >= 15 is 0 Å². The van der Waals surface area contributed by atoms with E-state index in [4.69, 9.17) is 0 Å². The predicted octanol–water partition coefficient (Wildman–Crippen LogP) is 2.65. The summed E-state index contributed by atoms with van der Waals surface area (Å²) in [5, 5.41) is 9.53. The fourth-order valence-electron chi connectivity index (χ4n) is 1.59. The number of unbranched alkanes of at least 4 members (excludes halogenated alkanes) is 1. The zero-order valence-corrected chi connectivity index (χ0v) is 7.34. The molecule has 1 N–H and O–H groups in total. The molecule has 0 aromatic rings. The first kappa shape index (κ1) is 8.79. The lowest BCUT2D eigenvalue weighted by molar-refractivity contribution is 0.178. The van der Waals surface area contributed by atoms with Crippen LogP contribution >= 0.6 is 0 Å². The van der Waals surface area contributed by atoms with Crippen LogP contribution in [0.3, 0.4) is 0 Å². The van der Waals surface area contributed by atoms with E-state index in [9.17, 15) is 5.11 Å². The van der Waals surface area contributed by atoms with Gasteiger partial charge in [-0.2, -0.15) is 0 Å². The average molecular weight is 154 g/mol. The van der Waals surface area contributed by atoms with Crippen LogP contribution in [0.5, 0.6) is 0 Å². The molecule has 1 rings (SSSR count). The summed E-state index contributed by atoms with van der Waals surface area (Å²) in [6, 6.07) is 0. The lowest BCUT2D eigenvalue weighted by atomic mass is 9.91. The van der Waals surface area contributed by atoms with E-state index in [1.807, 2.05) is 0 Å². The summed E-state index contributed by atoms with van der Waals surface area (Å²) in [5.41, 5.74) is 1.29. The molecule has 1 heteroatoms. The van der Waals surface area contributed by atoms with Crippen molar-refractivity contribution < 1.29 is 5.11 Å². The average Bonchev–Trinajstić information content (AvgIpc) is 2.03. The molecule has 0 heterocycles. The Kier molecular flexibility index (Phi) is 3.64. The number of aliphatic hydroxyl groups is 1. The van der Waals surface area contributed by atoms with Crippen LogP contribution in [-0.2, 0) is 0 Å². The number of hydrogen-bond donors (Lipinski definition) is 1. The molecule has 1 saturated carbocycles. The Balaban J connectivity index is 2.40. The van der Waals surface area contributed by atoms with Gasteiger partial charge in [-0.1, -0.05) is 25.8 Å². The Morgan fingerprint density at radius 2 is 2.36 bits per heavy atom. The van der Waals surface area contributed by atoms with Gasteiger partial charge in [0, 0.05) is 0 Å². The van der Waals surface area contributed by atoms with Crippen LogP contribution in [-0.4, -0.2) is 11.2 Å². The van der Waals surface area contributed by atoms with E-state index < -0.39 is 0 Å². The van der Waals surface area contributed by atoms with Crippen molar-refractivity contribution in [2.24, 2.45) is 0 Å². The van der Waals surface area contributed by atoms with E-state index in [1.165, 1.54) is 24.8 Å². The van der Waals surface area contributed by atoms with E-state index in [0.29, 0.717) is 0 Å². The summed E-state index contributed by atoms with van der Waals surface area (Å²) in [4.78, 5) is 0. The van der Waals surface area contributed by atoms with Crippen molar-refractivity contribution in [1.29, 1.82) is 0 Å². The van der Waals surface area contributed by atoms with Gasteiger partial charge in [-0.3, -0.25) is 0 Å². The van der Waals surface area contributed by atoms with Crippen LogP contribution in [0, 0.1) is 0 Å². The molecule has 1 fully saturated rings. The molecule has 1 aliphatic carbocycles. The zero-order valence-electron chi connectivity index (χ0n) is 7.34. The summed E-state index contributed by atoms with van der Waals surface area (Å²) in [5.74, 6) is 0. The second-order valence-electron chi connectivity index (χ2n) is 3.33. The van der Waals surface area contributed by atoms with Gasteiger partial charge in [0.15, 0.2) is 0 Å².